The maximum Gasteiger partial charge on any atom is 0.285 e. The summed E-state index contributed by atoms with van der Waals surface area (Å²) >= 11 is 1.65. The van der Waals surface area contributed by atoms with Crippen molar-refractivity contribution >= 4 is 27.0 Å². The molecule has 7 heteroatoms. The van der Waals surface area contributed by atoms with Crippen LogP contribution >= 0.6 is 11.3 Å². The Kier molecular flexibility index (Phi) is 5.66. The fourth-order valence-electron chi connectivity index (χ4n) is 2.98. The minimum absolute atomic E-state index is 0.376. The van der Waals surface area contributed by atoms with Gasteiger partial charge in [0.25, 0.3) is 5.91 Å². The third kappa shape index (κ3) is 4.74. The van der Waals surface area contributed by atoms with Crippen molar-refractivity contribution in [2.75, 3.05) is 18.1 Å². The highest BCUT2D eigenvalue weighted by Crippen LogP contribution is 2.21. The van der Waals surface area contributed by atoms with Crippen LogP contribution in [0.2, 0.25) is 0 Å². The summed E-state index contributed by atoms with van der Waals surface area (Å²) in [6, 6.07) is 7.42. The highest BCUT2D eigenvalue weighted by molar-refractivity contribution is 7.93. The van der Waals surface area contributed by atoms with E-state index in [1.165, 1.54) is 0 Å². The average Bonchev–Trinajstić information content (AvgIpc) is 3.00. The minimum Gasteiger partial charge on any atom is -0.330 e. The van der Waals surface area contributed by atoms with Crippen LogP contribution in [0.5, 0.6) is 0 Å². The number of amides is 1. The molecule has 1 aromatic carbocycles. The fourth-order valence-corrected chi connectivity index (χ4v) is 6.01. The molecule has 1 aliphatic rings. The minimum atomic E-state index is -2.44. The molecule has 0 saturated carbocycles. The molecule has 3 rings (SSSR count). The third-order valence-corrected chi connectivity index (χ3v) is 7.65. The highest BCUT2D eigenvalue weighted by Gasteiger charge is 2.23. The summed E-state index contributed by atoms with van der Waals surface area (Å²) in [6.45, 7) is 2.59. The summed E-state index contributed by atoms with van der Waals surface area (Å²) < 4.78 is 16.9. The van der Waals surface area contributed by atoms with Gasteiger partial charge in [0, 0.05) is 34.6 Å². The largest absolute Gasteiger partial charge is 0.330 e. The first-order chi connectivity index (χ1) is 12.0. The van der Waals surface area contributed by atoms with Gasteiger partial charge in [-0.3, -0.25) is 4.79 Å². The number of benzene rings is 1. The van der Waals surface area contributed by atoms with Gasteiger partial charge in [-0.05, 0) is 49.9 Å². The zero-order valence-electron chi connectivity index (χ0n) is 14.3. The van der Waals surface area contributed by atoms with Crippen molar-refractivity contribution in [3.8, 4) is 0 Å². The quantitative estimate of drug-likeness (QED) is 0.887. The van der Waals surface area contributed by atoms with Crippen LogP contribution in [0.1, 0.15) is 38.6 Å². The van der Waals surface area contributed by atoms with Gasteiger partial charge in [-0.1, -0.05) is 12.1 Å². The standard InChI is InChI=1S/C18H23N3O2S2/c1-13-20-12-17(24-13)10-15-3-2-4-16(9-15)18(22)21-25(23)7-5-14(11-19)6-8-25/h2-4,9,12,14H,5-8,10-11,19H2,1H3. The summed E-state index contributed by atoms with van der Waals surface area (Å²) in [6.07, 6.45) is 4.18. The van der Waals surface area contributed by atoms with E-state index in [1.54, 1.807) is 17.4 Å². The summed E-state index contributed by atoms with van der Waals surface area (Å²) in [4.78, 5) is 17.9. The molecule has 2 heterocycles. The van der Waals surface area contributed by atoms with Gasteiger partial charge in [-0.15, -0.1) is 11.3 Å². The number of nitrogens with zero attached hydrogens (tertiary/aromatic N) is 2. The van der Waals surface area contributed by atoms with Gasteiger partial charge in [0.1, 0.15) is 0 Å². The van der Waals surface area contributed by atoms with E-state index in [0.29, 0.717) is 29.5 Å². The lowest BCUT2D eigenvalue weighted by molar-refractivity contribution is 0.100. The van der Waals surface area contributed by atoms with Crippen molar-refractivity contribution in [2.24, 2.45) is 16.0 Å². The Morgan fingerprint density at radius 2 is 2.16 bits per heavy atom. The number of nitrogens with two attached hydrogens (primary N) is 1. The van der Waals surface area contributed by atoms with E-state index in [2.05, 4.69) is 9.35 Å². The van der Waals surface area contributed by atoms with Crippen LogP contribution in [0.4, 0.5) is 0 Å². The lowest BCUT2D eigenvalue weighted by atomic mass is 10.0. The Morgan fingerprint density at radius 3 is 2.80 bits per heavy atom. The molecule has 1 aliphatic heterocycles. The number of aromatic nitrogens is 1. The first-order valence-electron chi connectivity index (χ1n) is 8.44. The van der Waals surface area contributed by atoms with Gasteiger partial charge in [0.2, 0.25) is 0 Å². The number of rotatable bonds is 4. The summed E-state index contributed by atoms with van der Waals surface area (Å²) in [5.74, 6) is 0.977. The Bertz CT molecular complexity index is 868. The molecule has 2 N–H and O–H groups in total. The molecule has 1 fully saturated rings. The van der Waals surface area contributed by atoms with Crippen molar-refractivity contribution in [1.29, 1.82) is 0 Å². The first-order valence-corrected chi connectivity index (χ1v) is 11.1. The second kappa shape index (κ2) is 7.76. The number of thiazole rings is 1. The van der Waals surface area contributed by atoms with Crippen molar-refractivity contribution in [2.45, 2.75) is 26.2 Å². The maximum absolute atomic E-state index is 12.8. The average molecular weight is 378 g/mol. The van der Waals surface area contributed by atoms with Crippen LogP contribution in [0.25, 0.3) is 0 Å². The van der Waals surface area contributed by atoms with E-state index in [9.17, 15) is 9.00 Å². The summed E-state index contributed by atoms with van der Waals surface area (Å²) in [5.41, 5.74) is 7.21. The van der Waals surface area contributed by atoms with E-state index in [1.807, 2.05) is 31.3 Å². The lowest BCUT2D eigenvalue weighted by Gasteiger charge is -2.22. The Labute approximate surface area is 152 Å². The van der Waals surface area contributed by atoms with E-state index in [0.717, 1.165) is 34.7 Å². The number of carbonyl (C=O) groups is 1. The van der Waals surface area contributed by atoms with Crippen molar-refractivity contribution in [3.05, 3.63) is 51.5 Å². The number of aryl methyl sites for hydroxylation is 1. The predicted octanol–water partition coefficient (Wildman–Crippen LogP) is 3.02. The lowest BCUT2D eigenvalue weighted by Crippen LogP contribution is -2.28. The summed E-state index contributed by atoms with van der Waals surface area (Å²) in [7, 11) is -2.44. The summed E-state index contributed by atoms with van der Waals surface area (Å²) in [5, 5.41) is 1.03. The molecule has 1 amide bonds. The zero-order chi connectivity index (χ0) is 17.9. The van der Waals surface area contributed by atoms with Crippen LogP contribution in [0.3, 0.4) is 0 Å². The molecule has 0 atom stereocenters. The molecule has 1 saturated heterocycles. The van der Waals surface area contributed by atoms with Gasteiger partial charge in [-0.25, -0.2) is 9.19 Å². The first kappa shape index (κ1) is 18.2. The Hall–Kier alpha value is -1.57. The molecule has 1 aromatic heterocycles. The van der Waals surface area contributed by atoms with Crippen LogP contribution < -0.4 is 5.73 Å². The SMILES string of the molecule is Cc1ncc(Cc2cccc(C(=O)N=S3(=O)CCC(CN)CC3)c2)s1. The van der Waals surface area contributed by atoms with Crippen LogP contribution in [-0.2, 0) is 16.1 Å². The van der Waals surface area contributed by atoms with Gasteiger partial charge < -0.3 is 5.73 Å². The molecule has 0 radical (unpaired) electrons. The molecule has 25 heavy (non-hydrogen) atoms. The topological polar surface area (TPSA) is 85.4 Å². The zero-order valence-corrected chi connectivity index (χ0v) is 15.9. The van der Waals surface area contributed by atoms with E-state index in [4.69, 9.17) is 5.73 Å². The number of hydrogen-bond donors (Lipinski definition) is 1. The van der Waals surface area contributed by atoms with E-state index < -0.39 is 9.73 Å². The van der Waals surface area contributed by atoms with Crippen molar-refractivity contribution < 1.29 is 9.00 Å². The van der Waals surface area contributed by atoms with Crippen LogP contribution in [-0.4, -0.2) is 33.2 Å². The predicted molar refractivity (Wildman–Crippen MR) is 103 cm³/mol. The molecule has 5 nitrogen and oxygen atoms in total. The number of carbonyl (C=O) groups excluding carboxylic acids is 1. The van der Waals surface area contributed by atoms with Gasteiger partial charge in [0.15, 0.2) is 0 Å². The molecular weight excluding hydrogens is 354 g/mol. The molecule has 0 aliphatic carbocycles. The van der Waals surface area contributed by atoms with Gasteiger partial charge in [0.05, 0.1) is 14.7 Å². The molecule has 134 valence electrons. The van der Waals surface area contributed by atoms with Crippen molar-refractivity contribution in [1.82, 2.24) is 4.98 Å². The van der Waals surface area contributed by atoms with Gasteiger partial charge in [-0.2, -0.15) is 4.36 Å². The second-order valence-electron chi connectivity index (χ2n) is 6.48. The third-order valence-electron chi connectivity index (χ3n) is 4.49. The monoisotopic (exact) mass is 377 g/mol. The Morgan fingerprint density at radius 1 is 1.40 bits per heavy atom. The maximum atomic E-state index is 12.8. The molecule has 2 aromatic rings. The Balaban J connectivity index is 1.75. The van der Waals surface area contributed by atoms with E-state index >= 15 is 0 Å². The smallest absolute Gasteiger partial charge is 0.285 e. The van der Waals surface area contributed by atoms with Gasteiger partial charge >= 0.3 is 0 Å². The molecule has 0 spiro atoms. The molecular formula is C18H23N3O2S2. The molecule has 0 unspecified atom stereocenters. The van der Waals surface area contributed by atoms with Crippen LogP contribution in [0, 0.1) is 12.8 Å². The van der Waals surface area contributed by atoms with Crippen molar-refractivity contribution in [3.63, 3.8) is 0 Å². The van der Waals surface area contributed by atoms with Crippen LogP contribution in [0.15, 0.2) is 34.8 Å². The van der Waals surface area contributed by atoms with E-state index in [-0.39, 0.29) is 5.91 Å². The highest BCUT2D eigenvalue weighted by atomic mass is 32.2. The normalized spacial score (nSPS) is 23.4. The fraction of sp³-hybridized carbons (Fsp3) is 0.444. The number of hydrogen-bond acceptors (Lipinski definition) is 5. The molecule has 0 bridgehead atoms. The second-order valence-corrected chi connectivity index (χ2v) is 10.3.